The zero-order valence-electron chi connectivity index (χ0n) is 11.5. The zero-order valence-corrected chi connectivity index (χ0v) is 11.5. The number of alkyl halides is 3. The quantitative estimate of drug-likeness (QED) is 0.840. The minimum atomic E-state index is -4.15. The second-order valence-electron chi connectivity index (χ2n) is 5.28. The van der Waals surface area contributed by atoms with E-state index in [-0.39, 0.29) is 19.3 Å². The summed E-state index contributed by atoms with van der Waals surface area (Å²) in [6.45, 7) is 5.17. The number of aliphatic carboxylic acids is 1. The summed E-state index contributed by atoms with van der Waals surface area (Å²) >= 11 is 0. The average molecular weight is 281 g/mol. The summed E-state index contributed by atoms with van der Waals surface area (Å²) in [6, 6.07) is 0. The largest absolute Gasteiger partial charge is 0.481 e. The molecule has 1 aliphatic rings. The Kier molecular flexibility index (Phi) is 5.24. The Hall–Kier alpha value is -0.780. The lowest BCUT2D eigenvalue weighted by molar-refractivity contribution is -0.189. The number of rotatable bonds is 5. The minimum Gasteiger partial charge on any atom is -0.481 e. The molecule has 1 rings (SSSR count). The van der Waals surface area contributed by atoms with Crippen LogP contribution in [0.2, 0.25) is 0 Å². The maximum Gasteiger partial charge on any atom is 0.391 e. The molecule has 0 atom stereocenters. The van der Waals surface area contributed by atoms with Crippen molar-refractivity contribution in [1.29, 1.82) is 0 Å². The monoisotopic (exact) mass is 281 g/mol. The maximum atomic E-state index is 12.7. The highest BCUT2D eigenvalue weighted by molar-refractivity contribution is 5.68. The van der Waals surface area contributed by atoms with Crippen LogP contribution in [0.15, 0.2) is 0 Å². The Morgan fingerprint density at radius 3 is 2.05 bits per heavy atom. The first-order chi connectivity index (χ1) is 8.75. The van der Waals surface area contributed by atoms with Gasteiger partial charge in [0.2, 0.25) is 0 Å². The van der Waals surface area contributed by atoms with Crippen molar-refractivity contribution in [1.82, 2.24) is 4.90 Å². The summed E-state index contributed by atoms with van der Waals surface area (Å²) in [5.74, 6) is -2.21. The van der Waals surface area contributed by atoms with Crippen LogP contribution in [0, 0.1) is 5.92 Å². The standard InChI is InChI=1S/C13H22F3NO2/c1-3-17(4-2)12(9-11(18)19)7-5-10(6-8-12)13(14,15)16/h10H,3-9H2,1-2H3,(H,18,19). The predicted molar refractivity (Wildman–Crippen MR) is 65.9 cm³/mol. The van der Waals surface area contributed by atoms with Gasteiger partial charge in [-0.3, -0.25) is 9.69 Å². The molecule has 1 fully saturated rings. The molecule has 1 aliphatic carbocycles. The van der Waals surface area contributed by atoms with Crippen molar-refractivity contribution in [2.45, 2.75) is 57.7 Å². The first-order valence-electron chi connectivity index (χ1n) is 6.78. The summed E-state index contributed by atoms with van der Waals surface area (Å²) in [7, 11) is 0. The number of nitrogens with zero attached hydrogens (tertiary/aromatic N) is 1. The number of hydrogen-bond acceptors (Lipinski definition) is 2. The lowest BCUT2D eigenvalue weighted by Crippen LogP contribution is -2.53. The molecule has 0 aromatic heterocycles. The third-order valence-electron chi connectivity index (χ3n) is 4.29. The molecule has 0 amide bonds. The van der Waals surface area contributed by atoms with Crippen LogP contribution >= 0.6 is 0 Å². The van der Waals surface area contributed by atoms with Gasteiger partial charge in [-0.25, -0.2) is 0 Å². The van der Waals surface area contributed by atoms with E-state index in [0.29, 0.717) is 25.9 Å². The molecule has 0 bridgehead atoms. The summed E-state index contributed by atoms with van der Waals surface area (Å²) in [5, 5.41) is 9.05. The zero-order chi connectivity index (χ0) is 14.7. The van der Waals surface area contributed by atoms with E-state index in [9.17, 15) is 18.0 Å². The Morgan fingerprint density at radius 1 is 1.26 bits per heavy atom. The third-order valence-corrected chi connectivity index (χ3v) is 4.29. The molecule has 3 nitrogen and oxygen atoms in total. The van der Waals surface area contributed by atoms with E-state index in [2.05, 4.69) is 0 Å². The second-order valence-corrected chi connectivity index (χ2v) is 5.28. The molecule has 1 N–H and O–H groups in total. The lowest BCUT2D eigenvalue weighted by atomic mass is 9.73. The van der Waals surface area contributed by atoms with Gasteiger partial charge in [-0.1, -0.05) is 13.8 Å². The van der Waals surface area contributed by atoms with Crippen LogP contribution in [0.3, 0.4) is 0 Å². The van der Waals surface area contributed by atoms with Gasteiger partial charge in [-0.05, 0) is 38.8 Å². The van der Waals surface area contributed by atoms with Crippen LogP contribution in [0.5, 0.6) is 0 Å². The van der Waals surface area contributed by atoms with E-state index in [0.717, 1.165) is 0 Å². The van der Waals surface area contributed by atoms with Crippen LogP contribution in [0.25, 0.3) is 0 Å². The van der Waals surface area contributed by atoms with Crippen LogP contribution in [-0.2, 0) is 4.79 Å². The maximum absolute atomic E-state index is 12.7. The smallest absolute Gasteiger partial charge is 0.391 e. The van der Waals surface area contributed by atoms with Gasteiger partial charge in [0.05, 0.1) is 12.3 Å². The Labute approximate surface area is 111 Å². The SMILES string of the molecule is CCN(CC)C1(CC(=O)O)CCC(C(F)(F)F)CC1. The topological polar surface area (TPSA) is 40.5 Å². The van der Waals surface area contributed by atoms with Crippen LogP contribution in [0.1, 0.15) is 46.0 Å². The molecule has 0 heterocycles. The van der Waals surface area contributed by atoms with Gasteiger partial charge >= 0.3 is 12.1 Å². The van der Waals surface area contributed by atoms with E-state index in [1.807, 2.05) is 18.7 Å². The molecule has 0 aromatic carbocycles. The summed E-state index contributed by atoms with van der Waals surface area (Å²) in [4.78, 5) is 13.0. The molecular weight excluding hydrogens is 259 g/mol. The molecule has 112 valence electrons. The average Bonchev–Trinajstić information content (AvgIpc) is 2.28. The van der Waals surface area contributed by atoms with E-state index >= 15 is 0 Å². The Bertz CT molecular complexity index is 306. The fraction of sp³-hybridized carbons (Fsp3) is 0.923. The molecule has 0 radical (unpaired) electrons. The number of carbonyl (C=O) groups is 1. The molecular formula is C13H22F3NO2. The molecule has 0 aliphatic heterocycles. The van der Waals surface area contributed by atoms with Crippen molar-refractivity contribution >= 4 is 5.97 Å². The van der Waals surface area contributed by atoms with Gasteiger partial charge in [-0.2, -0.15) is 13.2 Å². The number of carboxylic acid groups (broad SMARTS) is 1. The van der Waals surface area contributed by atoms with Crippen molar-refractivity contribution < 1.29 is 23.1 Å². The van der Waals surface area contributed by atoms with E-state index < -0.39 is 23.6 Å². The molecule has 19 heavy (non-hydrogen) atoms. The highest BCUT2D eigenvalue weighted by Crippen LogP contribution is 2.44. The highest BCUT2D eigenvalue weighted by Gasteiger charge is 2.48. The summed E-state index contributed by atoms with van der Waals surface area (Å²) in [5.41, 5.74) is -0.600. The summed E-state index contributed by atoms with van der Waals surface area (Å²) in [6.07, 6.45) is -3.53. The van der Waals surface area contributed by atoms with Gasteiger partial charge < -0.3 is 5.11 Å². The summed E-state index contributed by atoms with van der Waals surface area (Å²) < 4.78 is 38.1. The van der Waals surface area contributed by atoms with Crippen molar-refractivity contribution in [2.75, 3.05) is 13.1 Å². The normalized spacial score (nSPS) is 28.6. The third kappa shape index (κ3) is 3.84. The Morgan fingerprint density at radius 2 is 1.74 bits per heavy atom. The highest BCUT2D eigenvalue weighted by atomic mass is 19.4. The minimum absolute atomic E-state index is 0.0350. The number of hydrogen-bond donors (Lipinski definition) is 1. The lowest BCUT2D eigenvalue weighted by Gasteiger charge is -2.47. The van der Waals surface area contributed by atoms with E-state index in [4.69, 9.17) is 5.11 Å². The van der Waals surface area contributed by atoms with Gasteiger partial charge in [0.25, 0.3) is 0 Å². The van der Waals surface area contributed by atoms with Gasteiger partial charge in [0.15, 0.2) is 0 Å². The first kappa shape index (κ1) is 16.3. The predicted octanol–water partition coefficient (Wildman–Crippen LogP) is 3.29. The van der Waals surface area contributed by atoms with Crippen molar-refractivity contribution in [3.05, 3.63) is 0 Å². The first-order valence-corrected chi connectivity index (χ1v) is 6.78. The second kappa shape index (κ2) is 6.11. The van der Waals surface area contributed by atoms with Gasteiger partial charge in [-0.15, -0.1) is 0 Å². The van der Waals surface area contributed by atoms with Crippen molar-refractivity contribution in [3.63, 3.8) is 0 Å². The fourth-order valence-corrected chi connectivity index (χ4v) is 3.26. The van der Waals surface area contributed by atoms with Crippen molar-refractivity contribution in [3.8, 4) is 0 Å². The van der Waals surface area contributed by atoms with Crippen LogP contribution in [0.4, 0.5) is 13.2 Å². The van der Waals surface area contributed by atoms with Gasteiger partial charge in [0.1, 0.15) is 0 Å². The Balaban J connectivity index is 2.83. The molecule has 6 heteroatoms. The molecule has 1 saturated carbocycles. The van der Waals surface area contributed by atoms with E-state index in [1.54, 1.807) is 0 Å². The van der Waals surface area contributed by atoms with Crippen LogP contribution in [-0.4, -0.2) is 40.8 Å². The number of halogens is 3. The number of carboxylic acids is 1. The van der Waals surface area contributed by atoms with E-state index in [1.165, 1.54) is 0 Å². The van der Waals surface area contributed by atoms with Gasteiger partial charge in [0, 0.05) is 5.54 Å². The molecule has 0 saturated heterocycles. The molecule has 0 aromatic rings. The van der Waals surface area contributed by atoms with Crippen molar-refractivity contribution in [2.24, 2.45) is 5.92 Å². The fourth-order valence-electron chi connectivity index (χ4n) is 3.26. The molecule has 0 unspecified atom stereocenters. The molecule has 0 spiro atoms. The van der Waals surface area contributed by atoms with Crippen LogP contribution < -0.4 is 0 Å².